The highest BCUT2D eigenvalue weighted by molar-refractivity contribution is 7.90. The SMILES string of the molecule is CS(=O)(=O)CCNC1CCCCCCC1. The maximum Gasteiger partial charge on any atom is 0.148 e. The van der Waals surface area contributed by atoms with Crippen molar-refractivity contribution in [2.75, 3.05) is 18.6 Å². The Morgan fingerprint density at radius 2 is 1.60 bits per heavy atom. The molecule has 1 N–H and O–H groups in total. The lowest BCUT2D eigenvalue weighted by atomic mass is 9.97. The van der Waals surface area contributed by atoms with Gasteiger partial charge in [-0.05, 0) is 12.8 Å². The van der Waals surface area contributed by atoms with E-state index in [1.165, 1.54) is 51.2 Å². The van der Waals surface area contributed by atoms with Crippen LogP contribution in [-0.4, -0.2) is 33.0 Å². The molecular formula is C11H23NO2S. The molecule has 0 amide bonds. The molecule has 1 rings (SSSR count). The molecule has 0 bridgehead atoms. The van der Waals surface area contributed by atoms with E-state index in [-0.39, 0.29) is 5.75 Å². The van der Waals surface area contributed by atoms with Crippen molar-refractivity contribution in [1.29, 1.82) is 0 Å². The third kappa shape index (κ3) is 6.90. The van der Waals surface area contributed by atoms with Gasteiger partial charge in [0, 0.05) is 18.8 Å². The third-order valence-electron chi connectivity index (χ3n) is 3.01. The van der Waals surface area contributed by atoms with E-state index in [0.29, 0.717) is 12.6 Å². The topological polar surface area (TPSA) is 46.2 Å². The number of hydrogen-bond acceptors (Lipinski definition) is 3. The third-order valence-corrected chi connectivity index (χ3v) is 3.96. The molecule has 0 radical (unpaired) electrons. The van der Waals surface area contributed by atoms with Crippen LogP contribution in [-0.2, 0) is 9.84 Å². The standard InChI is InChI=1S/C11H23NO2S/c1-15(13,14)10-9-12-11-7-5-3-2-4-6-8-11/h11-12H,2-10H2,1H3. The van der Waals surface area contributed by atoms with Crippen LogP contribution in [0.3, 0.4) is 0 Å². The van der Waals surface area contributed by atoms with Crippen LogP contribution >= 0.6 is 0 Å². The summed E-state index contributed by atoms with van der Waals surface area (Å²) in [7, 11) is -2.80. The number of hydrogen-bond donors (Lipinski definition) is 1. The van der Waals surface area contributed by atoms with Gasteiger partial charge < -0.3 is 5.32 Å². The fourth-order valence-electron chi connectivity index (χ4n) is 2.11. The van der Waals surface area contributed by atoms with Crippen molar-refractivity contribution in [1.82, 2.24) is 5.32 Å². The van der Waals surface area contributed by atoms with Crippen molar-refractivity contribution >= 4 is 9.84 Å². The van der Waals surface area contributed by atoms with E-state index in [2.05, 4.69) is 5.32 Å². The summed E-state index contributed by atoms with van der Waals surface area (Å²) in [6.45, 7) is 0.615. The van der Waals surface area contributed by atoms with Crippen LogP contribution in [0.5, 0.6) is 0 Å². The Hall–Kier alpha value is -0.0900. The van der Waals surface area contributed by atoms with Crippen LogP contribution in [0.15, 0.2) is 0 Å². The second-order valence-corrected chi connectivity index (χ2v) is 6.89. The van der Waals surface area contributed by atoms with Gasteiger partial charge in [-0.25, -0.2) is 8.42 Å². The molecule has 1 saturated carbocycles. The first-order valence-corrected chi connectivity index (χ1v) is 8.05. The van der Waals surface area contributed by atoms with Crippen LogP contribution in [0, 0.1) is 0 Å². The van der Waals surface area contributed by atoms with E-state index in [4.69, 9.17) is 0 Å². The van der Waals surface area contributed by atoms with Gasteiger partial charge in [0.15, 0.2) is 0 Å². The predicted molar refractivity (Wildman–Crippen MR) is 63.8 cm³/mol. The molecule has 0 saturated heterocycles. The van der Waals surface area contributed by atoms with Gasteiger partial charge in [-0.15, -0.1) is 0 Å². The van der Waals surface area contributed by atoms with Crippen LogP contribution < -0.4 is 5.32 Å². The largest absolute Gasteiger partial charge is 0.313 e. The Morgan fingerprint density at radius 3 is 2.13 bits per heavy atom. The first-order valence-electron chi connectivity index (χ1n) is 5.99. The summed E-state index contributed by atoms with van der Waals surface area (Å²) in [6.07, 6.45) is 10.3. The Labute approximate surface area is 93.6 Å². The van der Waals surface area contributed by atoms with E-state index in [9.17, 15) is 8.42 Å². The highest BCUT2D eigenvalue weighted by Crippen LogP contribution is 2.16. The van der Waals surface area contributed by atoms with Gasteiger partial charge in [-0.3, -0.25) is 0 Å². The molecule has 15 heavy (non-hydrogen) atoms. The fraction of sp³-hybridized carbons (Fsp3) is 1.00. The van der Waals surface area contributed by atoms with E-state index >= 15 is 0 Å². The molecule has 90 valence electrons. The Balaban J connectivity index is 2.18. The monoisotopic (exact) mass is 233 g/mol. The van der Waals surface area contributed by atoms with E-state index < -0.39 is 9.84 Å². The molecule has 0 aromatic heterocycles. The Bertz CT molecular complexity index is 254. The average molecular weight is 233 g/mol. The van der Waals surface area contributed by atoms with Crippen molar-refractivity contribution in [3.8, 4) is 0 Å². The summed E-state index contributed by atoms with van der Waals surface area (Å²) in [4.78, 5) is 0. The van der Waals surface area contributed by atoms with Crippen LogP contribution in [0.25, 0.3) is 0 Å². The molecule has 0 heterocycles. The highest BCUT2D eigenvalue weighted by atomic mass is 32.2. The van der Waals surface area contributed by atoms with Crippen molar-refractivity contribution < 1.29 is 8.42 Å². The van der Waals surface area contributed by atoms with E-state index in [1.54, 1.807) is 0 Å². The maximum atomic E-state index is 11.0. The van der Waals surface area contributed by atoms with Crippen LogP contribution in [0.2, 0.25) is 0 Å². The van der Waals surface area contributed by atoms with Crippen molar-refractivity contribution in [2.45, 2.75) is 51.0 Å². The molecule has 0 atom stereocenters. The molecule has 0 unspecified atom stereocenters. The van der Waals surface area contributed by atoms with Crippen molar-refractivity contribution in [3.63, 3.8) is 0 Å². The lowest BCUT2D eigenvalue weighted by molar-refractivity contribution is 0.397. The average Bonchev–Trinajstić information content (AvgIpc) is 2.06. The molecule has 1 fully saturated rings. The molecule has 0 spiro atoms. The van der Waals surface area contributed by atoms with Gasteiger partial charge in [0.05, 0.1) is 5.75 Å². The molecule has 0 aliphatic heterocycles. The quantitative estimate of drug-likeness (QED) is 0.804. The lowest BCUT2D eigenvalue weighted by Crippen LogP contribution is -2.33. The predicted octanol–water partition coefficient (Wildman–Crippen LogP) is 1.73. The first-order chi connectivity index (χ1) is 7.08. The van der Waals surface area contributed by atoms with Gasteiger partial charge in [-0.1, -0.05) is 32.1 Å². The zero-order chi connectivity index (χ0) is 11.1. The number of nitrogens with one attached hydrogen (secondary N) is 1. The normalized spacial score (nSPS) is 20.9. The van der Waals surface area contributed by atoms with Crippen molar-refractivity contribution in [3.05, 3.63) is 0 Å². The minimum Gasteiger partial charge on any atom is -0.313 e. The van der Waals surface area contributed by atoms with E-state index in [0.717, 1.165) is 0 Å². The van der Waals surface area contributed by atoms with Crippen molar-refractivity contribution in [2.24, 2.45) is 0 Å². The van der Waals surface area contributed by atoms with Gasteiger partial charge in [-0.2, -0.15) is 0 Å². The Morgan fingerprint density at radius 1 is 1.07 bits per heavy atom. The summed E-state index contributed by atoms with van der Waals surface area (Å²) < 4.78 is 21.9. The molecule has 1 aliphatic rings. The zero-order valence-electron chi connectivity index (χ0n) is 9.67. The smallest absolute Gasteiger partial charge is 0.148 e. The molecule has 0 aromatic rings. The minimum atomic E-state index is -2.80. The maximum absolute atomic E-state index is 11.0. The molecule has 3 nitrogen and oxygen atoms in total. The molecule has 1 aliphatic carbocycles. The summed E-state index contributed by atoms with van der Waals surface area (Å²) in [6, 6.07) is 0.548. The fourth-order valence-corrected chi connectivity index (χ4v) is 2.60. The van der Waals surface area contributed by atoms with Gasteiger partial charge in [0.1, 0.15) is 9.84 Å². The zero-order valence-corrected chi connectivity index (χ0v) is 10.5. The summed E-state index contributed by atoms with van der Waals surface area (Å²) in [5, 5.41) is 3.37. The Kier molecular flexibility index (Phi) is 5.61. The second-order valence-electron chi connectivity index (χ2n) is 4.63. The van der Waals surface area contributed by atoms with Crippen LogP contribution in [0.1, 0.15) is 44.9 Å². The molecule has 4 heteroatoms. The van der Waals surface area contributed by atoms with Crippen LogP contribution in [0.4, 0.5) is 0 Å². The van der Waals surface area contributed by atoms with Gasteiger partial charge >= 0.3 is 0 Å². The lowest BCUT2D eigenvalue weighted by Gasteiger charge is -2.20. The summed E-state index contributed by atoms with van der Waals surface area (Å²) in [5.41, 5.74) is 0. The minimum absolute atomic E-state index is 0.267. The number of rotatable bonds is 4. The van der Waals surface area contributed by atoms with E-state index in [1.807, 2.05) is 0 Å². The molecule has 0 aromatic carbocycles. The summed E-state index contributed by atoms with van der Waals surface area (Å²) in [5.74, 6) is 0.267. The number of sulfone groups is 1. The molecular weight excluding hydrogens is 210 g/mol. The summed E-state index contributed by atoms with van der Waals surface area (Å²) >= 11 is 0. The first kappa shape index (κ1) is 13.0. The highest BCUT2D eigenvalue weighted by Gasteiger charge is 2.11. The second kappa shape index (κ2) is 6.48. The van der Waals surface area contributed by atoms with Gasteiger partial charge in [0.2, 0.25) is 0 Å². The van der Waals surface area contributed by atoms with Gasteiger partial charge in [0.25, 0.3) is 0 Å².